The number of aryl methyl sites for hydroxylation is 2. The predicted octanol–water partition coefficient (Wildman–Crippen LogP) is 9.70. The Morgan fingerprint density at radius 2 is 1.28 bits per heavy atom. The molecular formula is C39H28Cl2N6O3S3. The smallest absolute Gasteiger partial charge is 0.261 e. The van der Waals surface area contributed by atoms with Crippen LogP contribution in [0.2, 0.25) is 0 Å². The van der Waals surface area contributed by atoms with Crippen molar-refractivity contribution in [3.05, 3.63) is 155 Å². The van der Waals surface area contributed by atoms with Gasteiger partial charge in [-0.25, -0.2) is 18.4 Å². The summed E-state index contributed by atoms with van der Waals surface area (Å²) in [6, 6.07) is 29.1. The number of thiazole rings is 2. The normalized spacial score (nSPS) is 10.5. The van der Waals surface area contributed by atoms with Gasteiger partial charge in [-0.05, 0) is 78.6 Å². The molecule has 0 radical (unpaired) electrons. The van der Waals surface area contributed by atoms with Crippen molar-refractivity contribution < 1.29 is 13.1 Å². The van der Waals surface area contributed by atoms with Crippen LogP contribution in [0.4, 0.5) is 0 Å². The van der Waals surface area contributed by atoms with Gasteiger partial charge in [0.1, 0.15) is 10.0 Å². The Labute approximate surface area is 324 Å². The Hall–Kier alpha value is -5.47. The second kappa shape index (κ2) is 17.8. The zero-order valence-electron chi connectivity index (χ0n) is 28.1. The summed E-state index contributed by atoms with van der Waals surface area (Å²) in [6.45, 7) is 3.84. The van der Waals surface area contributed by atoms with Crippen LogP contribution in [0.3, 0.4) is 0 Å². The SMILES string of the molecule is Cc1cc[n+]([O-])cc1-c1ncc(-c2ccc(C#N)cc2)s1.Cc1ccc(S(=O)(=O)Cl)cc1.N#Cc1ccc(-c2cnc(-c3cnccc3CCl)s2)cc1. The topological polar surface area (TPSA) is 147 Å². The first-order valence-electron chi connectivity index (χ1n) is 15.6. The Morgan fingerprint density at radius 3 is 1.77 bits per heavy atom. The molecule has 0 fully saturated rings. The molecule has 0 aliphatic heterocycles. The highest BCUT2D eigenvalue weighted by molar-refractivity contribution is 8.13. The number of nitrogens with zero attached hydrogens (tertiary/aromatic N) is 6. The van der Waals surface area contributed by atoms with Crippen LogP contribution in [0.15, 0.2) is 127 Å². The molecule has 0 bridgehead atoms. The minimum atomic E-state index is -3.55. The van der Waals surface area contributed by atoms with Crippen LogP contribution < -0.4 is 4.73 Å². The van der Waals surface area contributed by atoms with Crippen LogP contribution >= 0.6 is 45.0 Å². The molecule has 9 nitrogen and oxygen atoms in total. The second-order valence-corrected chi connectivity index (χ2v) is 16.2. The molecule has 3 aromatic carbocycles. The van der Waals surface area contributed by atoms with Gasteiger partial charge >= 0.3 is 0 Å². The lowest BCUT2D eigenvalue weighted by Gasteiger charge is -2.01. The van der Waals surface area contributed by atoms with Crippen LogP contribution in [0.1, 0.15) is 27.8 Å². The Balaban J connectivity index is 0.000000161. The average molecular weight is 796 g/mol. The van der Waals surface area contributed by atoms with Gasteiger partial charge in [0.25, 0.3) is 9.05 Å². The van der Waals surface area contributed by atoms with Crippen molar-refractivity contribution in [1.82, 2.24) is 15.0 Å². The molecule has 0 N–H and O–H groups in total. The Kier molecular flexibility index (Phi) is 13.0. The van der Waals surface area contributed by atoms with E-state index in [-0.39, 0.29) is 4.90 Å². The van der Waals surface area contributed by atoms with Crippen molar-refractivity contribution in [2.45, 2.75) is 24.6 Å². The molecular weight excluding hydrogens is 768 g/mol. The number of benzene rings is 3. The van der Waals surface area contributed by atoms with Gasteiger partial charge in [-0.1, -0.05) is 42.0 Å². The minimum Gasteiger partial charge on any atom is -0.619 e. The van der Waals surface area contributed by atoms with Crippen molar-refractivity contribution in [2.24, 2.45) is 0 Å². The molecule has 0 aliphatic carbocycles. The van der Waals surface area contributed by atoms with Crippen LogP contribution in [-0.2, 0) is 14.9 Å². The van der Waals surface area contributed by atoms with Gasteiger partial charge in [0.2, 0.25) is 0 Å². The number of halogens is 2. The number of hydrogen-bond acceptors (Lipinski definition) is 10. The number of aromatic nitrogens is 4. The van der Waals surface area contributed by atoms with Crippen molar-refractivity contribution in [2.75, 3.05) is 0 Å². The Morgan fingerprint density at radius 1 is 0.755 bits per heavy atom. The molecule has 4 aromatic heterocycles. The molecule has 264 valence electrons. The molecule has 7 rings (SSSR count). The number of rotatable bonds is 6. The van der Waals surface area contributed by atoms with Crippen molar-refractivity contribution in [3.8, 4) is 54.2 Å². The maximum Gasteiger partial charge on any atom is 0.261 e. The van der Waals surface area contributed by atoms with Gasteiger partial charge in [-0.3, -0.25) is 4.98 Å². The maximum absolute atomic E-state index is 11.4. The van der Waals surface area contributed by atoms with E-state index < -0.39 is 9.05 Å². The van der Waals surface area contributed by atoms with E-state index in [9.17, 15) is 13.6 Å². The monoisotopic (exact) mass is 794 g/mol. The maximum atomic E-state index is 11.4. The zero-order valence-corrected chi connectivity index (χ0v) is 32.1. The van der Waals surface area contributed by atoms with Crippen LogP contribution in [-0.4, -0.2) is 23.4 Å². The molecule has 0 aliphatic rings. The van der Waals surface area contributed by atoms with Crippen molar-refractivity contribution >= 4 is 54.0 Å². The molecule has 7 aromatic rings. The fourth-order valence-electron chi connectivity index (χ4n) is 4.69. The molecule has 0 unspecified atom stereocenters. The molecule has 0 spiro atoms. The molecule has 0 atom stereocenters. The first-order chi connectivity index (χ1) is 25.5. The molecule has 14 heteroatoms. The lowest BCUT2D eigenvalue weighted by molar-refractivity contribution is -0.604. The quantitative estimate of drug-likeness (QED) is 0.0700. The lowest BCUT2D eigenvalue weighted by Crippen LogP contribution is -2.24. The van der Waals surface area contributed by atoms with Gasteiger partial charge in [0, 0.05) is 53.0 Å². The van der Waals surface area contributed by atoms with E-state index in [1.54, 1.807) is 60.3 Å². The van der Waals surface area contributed by atoms with E-state index in [0.29, 0.717) is 17.0 Å². The second-order valence-electron chi connectivity index (χ2n) is 11.3. The fraction of sp³-hybridized carbons (Fsp3) is 0.0769. The summed E-state index contributed by atoms with van der Waals surface area (Å²) < 4.78 is 22.2. The summed E-state index contributed by atoms with van der Waals surface area (Å²) in [5.41, 5.74) is 8.21. The highest BCUT2D eigenvalue weighted by Gasteiger charge is 2.13. The molecule has 4 heterocycles. The number of pyridine rings is 2. The minimum absolute atomic E-state index is 0.143. The molecule has 0 saturated carbocycles. The largest absolute Gasteiger partial charge is 0.619 e. The van der Waals surface area contributed by atoms with E-state index in [0.717, 1.165) is 63.4 Å². The van der Waals surface area contributed by atoms with E-state index >= 15 is 0 Å². The highest BCUT2D eigenvalue weighted by Crippen LogP contribution is 2.34. The number of nitriles is 2. The van der Waals surface area contributed by atoms with Gasteiger partial charge < -0.3 is 5.21 Å². The summed E-state index contributed by atoms with van der Waals surface area (Å²) in [5.74, 6) is 0.434. The predicted molar refractivity (Wildman–Crippen MR) is 211 cm³/mol. The number of alkyl halides is 1. The third-order valence-corrected chi connectivity index (χ3v) is 11.4. The fourth-order valence-corrected chi connectivity index (χ4v) is 7.65. The third kappa shape index (κ3) is 10.3. The van der Waals surface area contributed by atoms with E-state index in [1.165, 1.54) is 35.9 Å². The molecule has 0 amide bonds. The molecule has 53 heavy (non-hydrogen) atoms. The number of hydrogen-bond donors (Lipinski definition) is 0. The van der Waals surface area contributed by atoms with Gasteiger partial charge in [0.15, 0.2) is 12.4 Å². The third-order valence-electron chi connectivity index (χ3n) is 7.58. The summed E-state index contributed by atoms with van der Waals surface area (Å²) in [6.07, 6.45) is 10.2. The van der Waals surface area contributed by atoms with Gasteiger partial charge in [-0.2, -0.15) is 15.3 Å². The Bertz CT molecular complexity index is 2520. The summed E-state index contributed by atoms with van der Waals surface area (Å²) >= 11 is 9.08. The summed E-state index contributed by atoms with van der Waals surface area (Å²) in [5, 5.41) is 30.8. The first kappa shape index (κ1) is 38.8. The van der Waals surface area contributed by atoms with Gasteiger partial charge in [0.05, 0.1) is 43.5 Å². The average Bonchev–Trinajstić information content (AvgIpc) is 3.88. The van der Waals surface area contributed by atoms with E-state index in [2.05, 4.69) is 27.1 Å². The lowest BCUT2D eigenvalue weighted by atomic mass is 10.1. The van der Waals surface area contributed by atoms with Crippen molar-refractivity contribution in [1.29, 1.82) is 10.5 Å². The standard InChI is InChI=1S/C16H10ClN3S.C16H11N3OS.C7H7ClO2S/c17-7-13-5-6-19-9-14(13)16-20-10-15(21-16)12-3-1-11(8-18)2-4-12;1-11-6-7-19(20)10-14(11)16-18-9-15(21-16)13-4-2-12(8-17)3-5-13;1-6-2-4-7(5-3-6)11(8,9)10/h1-6,9-10H,7H2;2-7,9-10H,1H3;2-5H,1H3. The summed E-state index contributed by atoms with van der Waals surface area (Å²) in [7, 11) is 1.54. The van der Waals surface area contributed by atoms with Crippen LogP contribution in [0.5, 0.6) is 0 Å². The van der Waals surface area contributed by atoms with E-state index in [1.807, 2.05) is 62.5 Å². The van der Waals surface area contributed by atoms with Gasteiger partial charge in [-0.15, -0.1) is 34.3 Å². The zero-order chi connectivity index (χ0) is 38.0. The summed E-state index contributed by atoms with van der Waals surface area (Å²) in [4.78, 5) is 15.2. The van der Waals surface area contributed by atoms with Crippen LogP contribution in [0.25, 0.3) is 42.0 Å². The molecule has 0 saturated heterocycles. The van der Waals surface area contributed by atoms with Crippen molar-refractivity contribution in [3.63, 3.8) is 0 Å². The first-order valence-corrected chi connectivity index (χ1v) is 20.1. The van der Waals surface area contributed by atoms with Crippen LogP contribution in [0, 0.1) is 41.7 Å². The highest BCUT2D eigenvalue weighted by atomic mass is 35.7. The van der Waals surface area contributed by atoms with E-state index in [4.69, 9.17) is 32.8 Å².